The van der Waals surface area contributed by atoms with E-state index in [4.69, 9.17) is 0 Å². The van der Waals surface area contributed by atoms with Gasteiger partial charge in [-0.15, -0.1) is 23.5 Å². The van der Waals surface area contributed by atoms with Gasteiger partial charge >= 0.3 is 0 Å². The van der Waals surface area contributed by atoms with Gasteiger partial charge in [0.1, 0.15) is 0 Å². The second-order valence-corrected chi connectivity index (χ2v) is 9.08. The van der Waals surface area contributed by atoms with Gasteiger partial charge in [-0.25, -0.2) is 0 Å². The maximum atomic E-state index is 12.9. The van der Waals surface area contributed by atoms with E-state index >= 15 is 0 Å². The van der Waals surface area contributed by atoms with Crippen LogP contribution in [0.15, 0.2) is 48.5 Å². The van der Waals surface area contributed by atoms with Crippen LogP contribution in [0.4, 0.5) is 0 Å². The molecule has 3 aliphatic rings. The summed E-state index contributed by atoms with van der Waals surface area (Å²) in [5.41, 5.74) is 1.67. The van der Waals surface area contributed by atoms with Crippen LogP contribution in [0.5, 0.6) is 0 Å². The Balaban J connectivity index is 1.60. The predicted molar refractivity (Wildman–Crippen MR) is 101 cm³/mol. The van der Waals surface area contributed by atoms with Crippen LogP contribution in [0, 0.1) is 0 Å². The van der Waals surface area contributed by atoms with E-state index in [1.54, 1.807) is 48.5 Å². The minimum absolute atomic E-state index is 0.125. The molecule has 5 rings (SSSR count). The van der Waals surface area contributed by atoms with Crippen LogP contribution >= 0.6 is 23.5 Å². The zero-order valence-corrected chi connectivity index (χ0v) is 15.0. The van der Waals surface area contributed by atoms with Crippen LogP contribution in [-0.4, -0.2) is 44.1 Å². The molecule has 2 aliphatic carbocycles. The Hall–Kier alpha value is -2.18. The van der Waals surface area contributed by atoms with Crippen molar-refractivity contribution in [2.24, 2.45) is 0 Å². The highest BCUT2D eigenvalue weighted by Crippen LogP contribution is 2.49. The zero-order valence-electron chi connectivity index (χ0n) is 13.4. The molecule has 0 unspecified atom stereocenters. The summed E-state index contributed by atoms with van der Waals surface area (Å²) in [7, 11) is 0. The fraction of sp³-hybridized carbons (Fsp3) is 0.200. The number of hydrogen-bond acceptors (Lipinski definition) is 6. The van der Waals surface area contributed by atoms with Crippen LogP contribution in [-0.2, 0) is 0 Å². The normalized spacial score (nSPS) is 29.5. The molecule has 0 N–H and O–H groups in total. The quantitative estimate of drug-likeness (QED) is 0.700. The number of ketones is 4. The average molecular weight is 380 g/mol. The highest BCUT2D eigenvalue weighted by atomic mass is 32.2. The average Bonchev–Trinajstić information content (AvgIpc) is 2.69. The molecule has 1 saturated heterocycles. The largest absolute Gasteiger partial charge is 0.293 e. The number of carbonyl (C=O) groups excluding carboxylic acids is 4. The van der Waals surface area contributed by atoms with Crippen molar-refractivity contribution in [3.63, 3.8) is 0 Å². The van der Waals surface area contributed by atoms with Crippen LogP contribution in [0.3, 0.4) is 0 Å². The van der Waals surface area contributed by atoms with Crippen LogP contribution in [0.2, 0.25) is 0 Å². The first-order chi connectivity index (χ1) is 12.6. The molecule has 0 aromatic heterocycles. The molecule has 0 amide bonds. The van der Waals surface area contributed by atoms with Crippen molar-refractivity contribution in [3.8, 4) is 0 Å². The van der Waals surface area contributed by atoms with Crippen LogP contribution < -0.4 is 0 Å². The van der Waals surface area contributed by atoms with Gasteiger partial charge in [-0.05, 0) is 0 Å². The summed E-state index contributed by atoms with van der Waals surface area (Å²) in [6.45, 7) is 0. The van der Waals surface area contributed by atoms with Crippen molar-refractivity contribution in [2.45, 2.75) is 21.0 Å². The Morgan fingerprint density at radius 3 is 0.923 bits per heavy atom. The molecule has 2 aromatic carbocycles. The van der Waals surface area contributed by atoms with Gasteiger partial charge in [-0.2, -0.15) is 0 Å². The van der Waals surface area contributed by atoms with E-state index < -0.39 is 21.0 Å². The van der Waals surface area contributed by atoms with Crippen LogP contribution in [0.25, 0.3) is 0 Å². The smallest absolute Gasteiger partial charge is 0.178 e. The predicted octanol–water partition coefficient (Wildman–Crippen LogP) is 3.10. The lowest BCUT2D eigenvalue weighted by atomic mass is 9.88. The molecule has 0 spiro atoms. The number of hydrogen-bond donors (Lipinski definition) is 0. The van der Waals surface area contributed by atoms with E-state index in [0.29, 0.717) is 22.3 Å². The third-order valence-electron chi connectivity index (χ3n) is 5.09. The first-order valence-corrected chi connectivity index (χ1v) is 10.1. The number of thioether (sulfide) groups is 2. The SMILES string of the molecule is O=C1c2ccccc2C(=O)[C@@H]2S[C@H]3C(=O)c4ccccc4C(=O)[C@@H]3S[C@H]12. The first kappa shape index (κ1) is 16.0. The summed E-state index contributed by atoms with van der Waals surface area (Å²) in [4.78, 5) is 51.7. The van der Waals surface area contributed by atoms with Gasteiger partial charge in [-0.1, -0.05) is 48.5 Å². The lowest BCUT2D eigenvalue weighted by Gasteiger charge is -2.42. The molecular formula is C20H12O4S2. The fourth-order valence-corrected chi connectivity index (χ4v) is 7.31. The summed E-state index contributed by atoms with van der Waals surface area (Å²) in [6, 6.07) is 13.6. The maximum Gasteiger partial charge on any atom is 0.178 e. The molecule has 4 atom stereocenters. The van der Waals surface area contributed by atoms with E-state index in [0.717, 1.165) is 0 Å². The van der Waals surface area contributed by atoms with E-state index in [9.17, 15) is 19.2 Å². The highest BCUT2D eigenvalue weighted by molar-refractivity contribution is 8.09. The van der Waals surface area contributed by atoms with Crippen molar-refractivity contribution in [1.29, 1.82) is 0 Å². The number of fused-ring (bicyclic) bond motifs is 4. The maximum absolute atomic E-state index is 12.9. The lowest BCUT2D eigenvalue weighted by molar-refractivity contribution is 0.0884. The molecule has 0 bridgehead atoms. The van der Waals surface area contributed by atoms with Crippen molar-refractivity contribution >= 4 is 46.7 Å². The third kappa shape index (κ3) is 2.06. The number of carbonyl (C=O) groups is 4. The van der Waals surface area contributed by atoms with Crippen LogP contribution in [0.1, 0.15) is 41.4 Å². The summed E-state index contributed by atoms with van der Waals surface area (Å²) in [5, 5.41) is -2.48. The molecule has 1 fully saturated rings. The number of Topliss-reactive ketones (excluding diaryl/α,β-unsaturated/α-hetero) is 4. The zero-order chi connectivity index (χ0) is 18.0. The monoisotopic (exact) mass is 380 g/mol. The summed E-state index contributed by atoms with van der Waals surface area (Å²) in [5.74, 6) is -0.499. The number of rotatable bonds is 0. The van der Waals surface area contributed by atoms with Gasteiger partial charge in [0.15, 0.2) is 23.1 Å². The first-order valence-electron chi connectivity index (χ1n) is 8.24. The standard InChI is InChI=1S/C20H12O4S2/c21-13-9-5-1-2-6-10(9)14(22)18-17(13)25-19-15(23)11-7-3-4-8-12(11)16(24)20(19)26-18/h1-8,17-20H/t17-,18-,19-,20+/m0/s1. The van der Waals surface area contributed by atoms with Gasteiger partial charge in [0, 0.05) is 22.3 Å². The molecule has 26 heavy (non-hydrogen) atoms. The molecule has 1 heterocycles. The molecule has 2 aromatic rings. The Morgan fingerprint density at radius 1 is 0.462 bits per heavy atom. The van der Waals surface area contributed by atoms with E-state index in [-0.39, 0.29) is 23.1 Å². The molecule has 6 heteroatoms. The molecule has 0 saturated carbocycles. The summed E-state index contributed by atoms with van der Waals surface area (Å²) < 4.78 is 0. The highest BCUT2D eigenvalue weighted by Gasteiger charge is 2.54. The fourth-order valence-electron chi connectivity index (χ4n) is 3.84. The van der Waals surface area contributed by atoms with E-state index in [1.165, 1.54) is 23.5 Å². The van der Waals surface area contributed by atoms with Gasteiger partial charge < -0.3 is 0 Å². The van der Waals surface area contributed by atoms with E-state index in [1.807, 2.05) is 0 Å². The minimum Gasteiger partial charge on any atom is -0.293 e. The van der Waals surface area contributed by atoms with Gasteiger partial charge in [-0.3, -0.25) is 19.2 Å². The second kappa shape index (κ2) is 5.66. The second-order valence-electron chi connectivity index (χ2n) is 6.50. The summed E-state index contributed by atoms with van der Waals surface area (Å²) in [6.07, 6.45) is 0. The van der Waals surface area contributed by atoms with Crippen molar-refractivity contribution in [3.05, 3.63) is 70.8 Å². The summed E-state index contributed by atoms with van der Waals surface area (Å²) >= 11 is 2.38. The Labute approximate surface area is 157 Å². The molecule has 0 radical (unpaired) electrons. The number of benzene rings is 2. The van der Waals surface area contributed by atoms with Gasteiger partial charge in [0.2, 0.25) is 0 Å². The molecule has 4 nitrogen and oxygen atoms in total. The third-order valence-corrected chi connectivity index (χ3v) is 8.55. The van der Waals surface area contributed by atoms with Gasteiger partial charge in [0.05, 0.1) is 21.0 Å². The topological polar surface area (TPSA) is 68.3 Å². The molecule has 1 aliphatic heterocycles. The Morgan fingerprint density at radius 2 is 0.692 bits per heavy atom. The lowest BCUT2D eigenvalue weighted by Crippen LogP contribution is -2.53. The van der Waals surface area contributed by atoms with Crippen molar-refractivity contribution in [2.75, 3.05) is 0 Å². The molecule has 128 valence electrons. The van der Waals surface area contributed by atoms with Gasteiger partial charge in [0.25, 0.3) is 0 Å². The Bertz CT molecular complexity index is 853. The molecular weight excluding hydrogens is 368 g/mol. The minimum atomic E-state index is -0.620. The Kier molecular flexibility index (Phi) is 3.49. The van der Waals surface area contributed by atoms with Crippen molar-refractivity contribution in [1.82, 2.24) is 0 Å². The van der Waals surface area contributed by atoms with Crippen molar-refractivity contribution < 1.29 is 19.2 Å². The van der Waals surface area contributed by atoms with E-state index in [2.05, 4.69) is 0 Å².